The standard InChI is InChI=1S/C19H17N3O4/c1-12(23)16-5-3-4-6-17(16)21-18(24)13(2)26-15-9-7-14(8-10-15)19-22-20-11-25-19/h3-11,13H,1-2H3,(H,21,24)/t13-/m1/s1. The van der Waals surface area contributed by atoms with Crippen LogP contribution in [0.2, 0.25) is 0 Å². The number of carbonyl (C=O) groups excluding carboxylic acids is 2. The second kappa shape index (κ2) is 7.60. The molecule has 1 N–H and O–H groups in total. The van der Waals surface area contributed by atoms with Gasteiger partial charge in [0.05, 0.1) is 5.69 Å². The number of hydrogen-bond acceptors (Lipinski definition) is 6. The Kier molecular flexibility index (Phi) is 5.07. The summed E-state index contributed by atoms with van der Waals surface area (Å²) in [4.78, 5) is 24.0. The molecule has 1 aromatic heterocycles. The van der Waals surface area contributed by atoms with Crippen LogP contribution in [0, 0.1) is 0 Å². The van der Waals surface area contributed by atoms with Gasteiger partial charge >= 0.3 is 0 Å². The zero-order valence-corrected chi connectivity index (χ0v) is 14.3. The summed E-state index contributed by atoms with van der Waals surface area (Å²) in [5, 5.41) is 10.2. The topological polar surface area (TPSA) is 94.3 Å². The van der Waals surface area contributed by atoms with Gasteiger partial charge in [-0.1, -0.05) is 12.1 Å². The number of para-hydroxylation sites is 1. The van der Waals surface area contributed by atoms with E-state index in [1.165, 1.54) is 13.3 Å². The predicted molar refractivity (Wildman–Crippen MR) is 94.9 cm³/mol. The molecule has 7 nitrogen and oxygen atoms in total. The fourth-order valence-corrected chi connectivity index (χ4v) is 2.37. The fourth-order valence-electron chi connectivity index (χ4n) is 2.37. The van der Waals surface area contributed by atoms with Gasteiger partial charge in [0.25, 0.3) is 5.91 Å². The molecule has 132 valence electrons. The smallest absolute Gasteiger partial charge is 0.265 e. The Hall–Kier alpha value is -3.48. The zero-order chi connectivity index (χ0) is 18.5. The number of ketones is 1. The van der Waals surface area contributed by atoms with Gasteiger partial charge in [-0.05, 0) is 50.2 Å². The van der Waals surface area contributed by atoms with E-state index in [-0.39, 0.29) is 11.7 Å². The van der Waals surface area contributed by atoms with Gasteiger partial charge in [0.2, 0.25) is 12.3 Å². The monoisotopic (exact) mass is 351 g/mol. The quantitative estimate of drug-likeness (QED) is 0.685. The lowest BCUT2D eigenvalue weighted by Gasteiger charge is -2.16. The molecule has 3 aromatic rings. The van der Waals surface area contributed by atoms with Crippen molar-refractivity contribution in [2.75, 3.05) is 5.32 Å². The minimum atomic E-state index is -0.746. The highest BCUT2D eigenvalue weighted by Gasteiger charge is 2.17. The molecule has 0 radical (unpaired) electrons. The van der Waals surface area contributed by atoms with Crippen molar-refractivity contribution in [3.8, 4) is 17.2 Å². The summed E-state index contributed by atoms with van der Waals surface area (Å²) < 4.78 is 10.8. The summed E-state index contributed by atoms with van der Waals surface area (Å²) in [6.45, 7) is 3.09. The Morgan fingerprint density at radius 2 is 1.85 bits per heavy atom. The zero-order valence-electron chi connectivity index (χ0n) is 14.3. The van der Waals surface area contributed by atoms with Gasteiger partial charge in [-0.25, -0.2) is 0 Å². The maximum absolute atomic E-state index is 12.4. The van der Waals surface area contributed by atoms with Crippen molar-refractivity contribution in [1.82, 2.24) is 10.2 Å². The van der Waals surface area contributed by atoms with E-state index >= 15 is 0 Å². The molecule has 1 heterocycles. The number of aromatic nitrogens is 2. The van der Waals surface area contributed by atoms with Crippen molar-refractivity contribution in [1.29, 1.82) is 0 Å². The third-order valence-electron chi connectivity index (χ3n) is 3.71. The second-order valence-electron chi connectivity index (χ2n) is 5.62. The largest absolute Gasteiger partial charge is 0.481 e. The number of amides is 1. The SMILES string of the molecule is CC(=O)c1ccccc1NC(=O)[C@@H](C)Oc1ccc(-c2nnco2)cc1. The fraction of sp³-hybridized carbons (Fsp3) is 0.158. The van der Waals surface area contributed by atoms with Crippen LogP contribution in [0.3, 0.4) is 0 Å². The van der Waals surface area contributed by atoms with Crippen LogP contribution in [0.4, 0.5) is 5.69 Å². The lowest BCUT2D eigenvalue weighted by Crippen LogP contribution is -2.30. The molecule has 0 bridgehead atoms. The number of benzene rings is 2. The average Bonchev–Trinajstić information content (AvgIpc) is 3.17. The van der Waals surface area contributed by atoms with Crippen molar-refractivity contribution < 1.29 is 18.7 Å². The molecule has 0 aliphatic heterocycles. The van der Waals surface area contributed by atoms with Crippen molar-refractivity contribution in [2.24, 2.45) is 0 Å². The second-order valence-corrected chi connectivity index (χ2v) is 5.62. The molecule has 1 atom stereocenters. The Morgan fingerprint density at radius 1 is 1.12 bits per heavy atom. The van der Waals surface area contributed by atoms with Crippen LogP contribution in [-0.2, 0) is 4.79 Å². The molecule has 2 aromatic carbocycles. The molecule has 26 heavy (non-hydrogen) atoms. The molecule has 0 aliphatic rings. The molecule has 0 aliphatic carbocycles. The first-order valence-corrected chi connectivity index (χ1v) is 7.98. The van der Waals surface area contributed by atoms with Gasteiger partial charge in [0.1, 0.15) is 5.75 Å². The van der Waals surface area contributed by atoms with E-state index in [1.807, 2.05) is 0 Å². The third kappa shape index (κ3) is 3.94. The van der Waals surface area contributed by atoms with E-state index in [1.54, 1.807) is 55.5 Å². The number of nitrogens with one attached hydrogen (secondary N) is 1. The van der Waals surface area contributed by atoms with Gasteiger partial charge in [-0.3, -0.25) is 9.59 Å². The molecule has 1 amide bonds. The number of carbonyl (C=O) groups is 2. The molecule has 0 fully saturated rings. The van der Waals surface area contributed by atoms with Crippen molar-refractivity contribution >= 4 is 17.4 Å². The minimum Gasteiger partial charge on any atom is -0.481 e. The van der Waals surface area contributed by atoms with Gasteiger partial charge in [-0.15, -0.1) is 10.2 Å². The highest BCUT2D eigenvalue weighted by atomic mass is 16.5. The Morgan fingerprint density at radius 3 is 2.50 bits per heavy atom. The van der Waals surface area contributed by atoms with E-state index in [4.69, 9.17) is 9.15 Å². The molecular weight excluding hydrogens is 334 g/mol. The van der Waals surface area contributed by atoms with Gasteiger partial charge in [-0.2, -0.15) is 0 Å². The van der Waals surface area contributed by atoms with E-state index < -0.39 is 6.10 Å². The lowest BCUT2D eigenvalue weighted by molar-refractivity contribution is -0.122. The molecule has 0 unspecified atom stereocenters. The van der Waals surface area contributed by atoms with E-state index in [9.17, 15) is 9.59 Å². The minimum absolute atomic E-state index is 0.119. The molecule has 0 spiro atoms. The summed E-state index contributed by atoms with van der Waals surface area (Å²) in [6.07, 6.45) is 0.509. The van der Waals surface area contributed by atoms with Crippen molar-refractivity contribution in [3.05, 3.63) is 60.5 Å². The van der Waals surface area contributed by atoms with Crippen LogP contribution >= 0.6 is 0 Å². The van der Waals surface area contributed by atoms with Crippen LogP contribution in [0.15, 0.2) is 59.3 Å². The number of anilines is 1. The first-order chi connectivity index (χ1) is 12.5. The first-order valence-electron chi connectivity index (χ1n) is 7.98. The average molecular weight is 351 g/mol. The normalized spacial score (nSPS) is 11.6. The van der Waals surface area contributed by atoms with Gasteiger partial charge in [0, 0.05) is 11.1 Å². The van der Waals surface area contributed by atoms with E-state index in [2.05, 4.69) is 15.5 Å². The van der Waals surface area contributed by atoms with Crippen LogP contribution < -0.4 is 10.1 Å². The molecule has 0 saturated carbocycles. The van der Waals surface area contributed by atoms with Crippen LogP contribution in [-0.4, -0.2) is 28.0 Å². The molecule has 3 rings (SSSR count). The summed E-state index contributed by atoms with van der Waals surface area (Å²) in [5.41, 5.74) is 1.67. The third-order valence-corrected chi connectivity index (χ3v) is 3.71. The van der Waals surface area contributed by atoms with Gasteiger partial charge < -0.3 is 14.5 Å². The number of Topliss-reactive ketones (excluding diaryl/α,β-unsaturated/α-hetero) is 1. The maximum atomic E-state index is 12.4. The van der Waals surface area contributed by atoms with Crippen LogP contribution in [0.5, 0.6) is 5.75 Å². The summed E-state index contributed by atoms with van der Waals surface area (Å²) in [5.74, 6) is 0.463. The Bertz CT molecular complexity index is 905. The molecule has 0 saturated heterocycles. The van der Waals surface area contributed by atoms with Crippen LogP contribution in [0.1, 0.15) is 24.2 Å². The Balaban J connectivity index is 1.65. The van der Waals surface area contributed by atoms with Crippen molar-refractivity contribution in [2.45, 2.75) is 20.0 Å². The highest BCUT2D eigenvalue weighted by Crippen LogP contribution is 2.21. The summed E-state index contributed by atoms with van der Waals surface area (Å²) in [6, 6.07) is 13.8. The van der Waals surface area contributed by atoms with E-state index in [0.717, 1.165) is 5.56 Å². The number of rotatable bonds is 6. The maximum Gasteiger partial charge on any atom is 0.265 e. The summed E-state index contributed by atoms with van der Waals surface area (Å²) in [7, 11) is 0. The number of ether oxygens (including phenoxy) is 1. The predicted octanol–water partition coefficient (Wildman–Crippen LogP) is 3.35. The van der Waals surface area contributed by atoms with E-state index in [0.29, 0.717) is 22.9 Å². The first kappa shape index (κ1) is 17.3. The molecular formula is C19H17N3O4. The Labute approximate surface area is 150 Å². The van der Waals surface area contributed by atoms with Crippen LogP contribution in [0.25, 0.3) is 11.5 Å². The lowest BCUT2D eigenvalue weighted by atomic mass is 10.1. The summed E-state index contributed by atoms with van der Waals surface area (Å²) >= 11 is 0. The van der Waals surface area contributed by atoms with Crippen molar-refractivity contribution in [3.63, 3.8) is 0 Å². The number of hydrogen-bond donors (Lipinski definition) is 1. The molecule has 7 heteroatoms. The number of nitrogens with zero attached hydrogens (tertiary/aromatic N) is 2. The van der Waals surface area contributed by atoms with Gasteiger partial charge in [0.15, 0.2) is 11.9 Å². The highest BCUT2D eigenvalue weighted by molar-refractivity contribution is 6.04.